The lowest BCUT2D eigenvalue weighted by molar-refractivity contribution is -0.127. The van der Waals surface area contributed by atoms with Crippen molar-refractivity contribution >= 4 is 5.91 Å². The van der Waals surface area contributed by atoms with Crippen LogP contribution in [0.2, 0.25) is 0 Å². The summed E-state index contributed by atoms with van der Waals surface area (Å²) in [4.78, 5) is 11.5. The average Bonchev–Trinajstić information content (AvgIpc) is 2.96. The van der Waals surface area contributed by atoms with Gasteiger partial charge in [-0.3, -0.25) is 4.79 Å². The first-order valence-electron chi connectivity index (χ1n) is 4.84. The summed E-state index contributed by atoms with van der Waals surface area (Å²) in [5.74, 6) is 0.00118. The normalized spacial score (nSPS) is 22.6. The molecule has 0 saturated heterocycles. The highest BCUT2D eigenvalue weighted by molar-refractivity contribution is 5.86. The van der Waals surface area contributed by atoms with Crippen molar-refractivity contribution in [3.05, 3.63) is 0 Å². The first-order chi connectivity index (χ1) is 6.48. The van der Waals surface area contributed by atoms with E-state index in [0.29, 0.717) is 0 Å². The van der Waals surface area contributed by atoms with Crippen LogP contribution in [0, 0.1) is 5.92 Å². The van der Waals surface area contributed by atoms with Crippen molar-refractivity contribution in [2.75, 3.05) is 13.2 Å². The Morgan fingerprint density at radius 2 is 2.29 bits per heavy atom. The first kappa shape index (κ1) is 11.4. The maximum atomic E-state index is 11.5. The minimum atomic E-state index is -0.908. The van der Waals surface area contributed by atoms with E-state index in [1.807, 2.05) is 0 Å². The number of nitrogens with one attached hydrogen (secondary N) is 1. The van der Waals surface area contributed by atoms with Crippen LogP contribution in [0.1, 0.15) is 19.8 Å². The summed E-state index contributed by atoms with van der Waals surface area (Å²) >= 11 is 0. The molecule has 0 radical (unpaired) electrons. The molecular formula is C9H18N2O3. The fraction of sp³-hybridized carbons (Fsp3) is 0.889. The number of amides is 1. The lowest BCUT2D eigenvalue weighted by Crippen LogP contribution is -2.54. The van der Waals surface area contributed by atoms with E-state index < -0.39 is 11.6 Å². The molecular weight excluding hydrogens is 184 g/mol. The van der Waals surface area contributed by atoms with E-state index in [2.05, 4.69) is 5.32 Å². The van der Waals surface area contributed by atoms with Crippen molar-refractivity contribution in [2.24, 2.45) is 11.7 Å². The van der Waals surface area contributed by atoms with E-state index in [-0.39, 0.29) is 25.0 Å². The molecule has 0 heterocycles. The number of aliphatic hydroxyl groups excluding tert-OH is 2. The summed E-state index contributed by atoms with van der Waals surface area (Å²) in [6, 6.07) is 0. The standard InChI is InChI=1S/C9H18N2O3/c1-9(10,6-2-3-6)8(14)11-4-7(13)5-12/h6-7,12-13H,2-5,10H2,1H3,(H,11,14). The van der Waals surface area contributed by atoms with Crippen LogP contribution in [0.25, 0.3) is 0 Å². The summed E-state index contributed by atoms with van der Waals surface area (Å²) in [5.41, 5.74) is 5.00. The molecule has 0 aliphatic heterocycles. The molecule has 1 amide bonds. The number of nitrogens with two attached hydrogens (primary N) is 1. The molecule has 5 N–H and O–H groups in total. The average molecular weight is 202 g/mol. The smallest absolute Gasteiger partial charge is 0.240 e. The molecule has 0 aromatic heterocycles. The van der Waals surface area contributed by atoms with Gasteiger partial charge in [-0.1, -0.05) is 0 Å². The molecule has 2 atom stereocenters. The van der Waals surface area contributed by atoms with Crippen LogP contribution in [0.3, 0.4) is 0 Å². The Kier molecular flexibility index (Phi) is 3.47. The molecule has 5 nitrogen and oxygen atoms in total. The third-order valence-corrected chi connectivity index (χ3v) is 2.62. The highest BCUT2D eigenvalue weighted by atomic mass is 16.3. The zero-order valence-electron chi connectivity index (χ0n) is 8.36. The molecule has 2 unspecified atom stereocenters. The lowest BCUT2D eigenvalue weighted by Gasteiger charge is -2.23. The lowest BCUT2D eigenvalue weighted by atomic mass is 9.96. The van der Waals surface area contributed by atoms with Crippen LogP contribution < -0.4 is 11.1 Å². The van der Waals surface area contributed by atoms with E-state index in [1.165, 1.54) is 0 Å². The van der Waals surface area contributed by atoms with Crippen LogP contribution in [0.5, 0.6) is 0 Å². The van der Waals surface area contributed by atoms with Gasteiger partial charge in [0.15, 0.2) is 0 Å². The van der Waals surface area contributed by atoms with Crippen molar-refractivity contribution in [3.8, 4) is 0 Å². The Labute approximate surface area is 83.3 Å². The number of rotatable bonds is 5. The second-order valence-corrected chi connectivity index (χ2v) is 4.10. The van der Waals surface area contributed by atoms with E-state index in [4.69, 9.17) is 15.9 Å². The highest BCUT2D eigenvalue weighted by Crippen LogP contribution is 2.37. The third-order valence-electron chi connectivity index (χ3n) is 2.62. The van der Waals surface area contributed by atoms with Crippen molar-refractivity contribution in [1.82, 2.24) is 5.32 Å². The predicted molar refractivity (Wildman–Crippen MR) is 51.4 cm³/mol. The second-order valence-electron chi connectivity index (χ2n) is 4.10. The monoisotopic (exact) mass is 202 g/mol. The van der Waals surface area contributed by atoms with Gasteiger partial charge in [0.25, 0.3) is 0 Å². The minimum Gasteiger partial charge on any atom is -0.394 e. The molecule has 1 saturated carbocycles. The Bertz CT molecular complexity index is 214. The maximum Gasteiger partial charge on any atom is 0.240 e. The van der Waals surface area contributed by atoms with Gasteiger partial charge in [0, 0.05) is 6.54 Å². The largest absolute Gasteiger partial charge is 0.394 e. The number of carbonyl (C=O) groups is 1. The molecule has 1 rings (SSSR count). The molecule has 0 bridgehead atoms. The number of carbonyl (C=O) groups excluding carboxylic acids is 1. The van der Waals surface area contributed by atoms with E-state index in [1.54, 1.807) is 6.92 Å². The molecule has 82 valence electrons. The number of aliphatic hydroxyl groups is 2. The van der Waals surface area contributed by atoms with Crippen LogP contribution >= 0.6 is 0 Å². The van der Waals surface area contributed by atoms with Crippen molar-refractivity contribution in [3.63, 3.8) is 0 Å². The second kappa shape index (κ2) is 4.25. The van der Waals surface area contributed by atoms with Gasteiger partial charge in [0.2, 0.25) is 5.91 Å². The number of hydrogen-bond donors (Lipinski definition) is 4. The predicted octanol–water partition coefficient (Wildman–Crippen LogP) is -1.42. The van der Waals surface area contributed by atoms with Gasteiger partial charge >= 0.3 is 0 Å². The Morgan fingerprint density at radius 3 is 2.71 bits per heavy atom. The molecule has 0 aromatic carbocycles. The highest BCUT2D eigenvalue weighted by Gasteiger charge is 2.43. The van der Waals surface area contributed by atoms with Crippen molar-refractivity contribution in [2.45, 2.75) is 31.4 Å². The molecule has 1 fully saturated rings. The van der Waals surface area contributed by atoms with Crippen LogP contribution in [0.4, 0.5) is 0 Å². The van der Waals surface area contributed by atoms with Crippen LogP contribution in [0.15, 0.2) is 0 Å². The van der Waals surface area contributed by atoms with Crippen molar-refractivity contribution < 1.29 is 15.0 Å². The summed E-state index contributed by atoms with van der Waals surface area (Å²) < 4.78 is 0. The van der Waals surface area contributed by atoms with E-state index in [9.17, 15) is 4.79 Å². The van der Waals surface area contributed by atoms with Crippen molar-refractivity contribution in [1.29, 1.82) is 0 Å². The zero-order valence-corrected chi connectivity index (χ0v) is 8.36. The quantitative estimate of drug-likeness (QED) is 0.440. The topological polar surface area (TPSA) is 95.6 Å². The zero-order chi connectivity index (χ0) is 10.8. The summed E-state index contributed by atoms with van der Waals surface area (Å²) in [6.07, 6.45) is 1.07. The van der Waals surface area contributed by atoms with Gasteiger partial charge < -0.3 is 21.3 Å². The minimum absolute atomic E-state index is 0.0504. The molecule has 0 spiro atoms. The number of hydrogen-bond acceptors (Lipinski definition) is 4. The van der Waals surface area contributed by atoms with Gasteiger partial charge in [0.05, 0.1) is 18.2 Å². The molecule has 14 heavy (non-hydrogen) atoms. The fourth-order valence-electron chi connectivity index (χ4n) is 1.33. The van der Waals surface area contributed by atoms with Gasteiger partial charge in [0.1, 0.15) is 0 Å². The molecule has 1 aliphatic carbocycles. The Hall–Kier alpha value is -0.650. The fourth-order valence-corrected chi connectivity index (χ4v) is 1.33. The van der Waals surface area contributed by atoms with Gasteiger partial charge in [-0.15, -0.1) is 0 Å². The van der Waals surface area contributed by atoms with Crippen LogP contribution in [-0.2, 0) is 4.79 Å². The summed E-state index contributed by atoms with van der Waals surface area (Å²) in [6.45, 7) is 1.39. The molecule has 1 aliphatic rings. The first-order valence-corrected chi connectivity index (χ1v) is 4.84. The summed E-state index contributed by atoms with van der Waals surface area (Å²) in [7, 11) is 0. The Morgan fingerprint density at radius 1 is 1.71 bits per heavy atom. The van der Waals surface area contributed by atoms with Gasteiger partial charge in [-0.25, -0.2) is 0 Å². The SMILES string of the molecule is CC(N)(C(=O)NCC(O)CO)C1CC1. The summed E-state index contributed by atoms with van der Waals surface area (Å²) in [5, 5.41) is 20.1. The molecule has 0 aromatic rings. The van der Waals surface area contributed by atoms with E-state index in [0.717, 1.165) is 12.8 Å². The Balaban J connectivity index is 2.33. The van der Waals surface area contributed by atoms with Gasteiger partial charge in [-0.2, -0.15) is 0 Å². The third kappa shape index (κ3) is 2.67. The van der Waals surface area contributed by atoms with Gasteiger partial charge in [-0.05, 0) is 25.7 Å². The maximum absolute atomic E-state index is 11.5. The molecule has 5 heteroatoms. The van der Waals surface area contributed by atoms with E-state index >= 15 is 0 Å². The van der Waals surface area contributed by atoms with Crippen LogP contribution in [-0.4, -0.2) is 40.9 Å².